The second-order valence-electron chi connectivity index (χ2n) is 3.57. The molecule has 2 N–H and O–H groups in total. The third kappa shape index (κ3) is 2.57. The molecule has 0 saturated carbocycles. The Hall–Kier alpha value is -2.14. The maximum absolute atomic E-state index is 13.0. The van der Waals surface area contributed by atoms with Crippen molar-refractivity contribution in [3.8, 4) is 17.4 Å². The van der Waals surface area contributed by atoms with E-state index in [9.17, 15) is 4.39 Å². The normalized spacial score (nSPS) is 10.2. The number of nitrogens with zero attached hydrogens (tertiary/aromatic N) is 1. The number of benzene rings is 1. The van der Waals surface area contributed by atoms with Crippen LogP contribution in [0.4, 0.5) is 4.39 Å². The van der Waals surface area contributed by atoms with Gasteiger partial charge < -0.3 is 15.2 Å². The van der Waals surface area contributed by atoms with E-state index >= 15 is 0 Å². The fraction of sp³-hybridized carbons (Fsp3) is 0.154. The Morgan fingerprint density at radius 2 is 2.00 bits per heavy atom. The summed E-state index contributed by atoms with van der Waals surface area (Å²) in [5, 5.41) is 0. The lowest BCUT2D eigenvalue weighted by Crippen LogP contribution is -2.02. The first-order chi connectivity index (χ1) is 8.74. The monoisotopic (exact) mass is 248 g/mol. The third-order valence-electron chi connectivity index (χ3n) is 2.39. The van der Waals surface area contributed by atoms with Crippen molar-refractivity contribution in [3.63, 3.8) is 0 Å². The zero-order valence-electron chi connectivity index (χ0n) is 9.89. The Morgan fingerprint density at radius 3 is 2.67 bits per heavy atom. The number of para-hydroxylation sites is 2. The summed E-state index contributed by atoms with van der Waals surface area (Å²) in [4.78, 5) is 3.89. The largest absolute Gasteiger partial charge is 0.493 e. The first-order valence-electron chi connectivity index (χ1n) is 5.40. The molecule has 0 saturated heterocycles. The minimum absolute atomic E-state index is 0.148. The van der Waals surface area contributed by atoms with Crippen LogP contribution in [0.2, 0.25) is 0 Å². The van der Waals surface area contributed by atoms with Crippen molar-refractivity contribution in [2.24, 2.45) is 5.73 Å². The van der Waals surface area contributed by atoms with Gasteiger partial charge in [-0.05, 0) is 18.2 Å². The number of pyridine rings is 1. The predicted octanol–water partition coefficient (Wildman–Crippen LogP) is 2.48. The van der Waals surface area contributed by atoms with Crippen molar-refractivity contribution >= 4 is 0 Å². The summed E-state index contributed by atoms with van der Waals surface area (Å²) in [6.45, 7) is 0.148. The summed E-state index contributed by atoms with van der Waals surface area (Å²) < 4.78 is 23.8. The highest BCUT2D eigenvalue weighted by molar-refractivity contribution is 5.42. The fourth-order valence-electron chi connectivity index (χ4n) is 1.51. The Bertz CT molecular complexity index is 546. The van der Waals surface area contributed by atoms with Crippen LogP contribution >= 0.6 is 0 Å². The average Bonchev–Trinajstić information content (AvgIpc) is 2.41. The van der Waals surface area contributed by atoms with Crippen molar-refractivity contribution in [2.75, 3.05) is 7.11 Å². The fourth-order valence-corrected chi connectivity index (χ4v) is 1.51. The smallest absolute Gasteiger partial charge is 0.224 e. The molecule has 0 aliphatic rings. The van der Waals surface area contributed by atoms with Gasteiger partial charge in [-0.1, -0.05) is 12.1 Å². The molecule has 18 heavy (non-hydrogen) atoms. The van der Waals surface area contributed by atoms with Gasteiger partial charge in [-0.3, -0.25) is 0 Å². The van der Waals surface area contributed by atoms with E-state index in [4.69, 9.17) is 15.2 Å². The summed E-state index contributed by atoms with van der Waals surface area (Å²) in [5.74, 6) is 0.923. The molecule has 5 heteroatoms. The van der Waals surface area contributed by atoms with Crippen molar-refractivity contribution in [2.45, 2.75) is 6.54 Å². The SMILES string of the molecule is COc1ccccc1Oc1ncc(F)cc1CN. The van der Waals surface area contributed by atoms with E-state index in [2.05, 4.69) is 4.98 Å². The quantitative estimate of drug-likeness (QED) is 0.903. The molecule has 4 nitrogen and oxygen atoms in total. The van der Waals surface area contributed by atoms with Gasteiger partial charge in [0.1, 0.15) is 5.82 Å². The maximum atomic E-state index is 13.0. The molecule has 0 radical (unpaired) electrons. The second kappa shape index (κ2) is 5.46. The molecular formula is C13H13FN2O2. The number of hydrogen-bond acceptors (Lipinski definition) is 4. The molecule has 1 aromatic carbocycles. The number of hydrogen-bond donors (Lipinski definition) is 1. The maximum Gasteiger partial charge on any atom is 0.224 e. The standard InChI is InChI=1S/C13H13FN2O2/c1-17-11-4-2-3-5-12(11)18-13-9(7-15)6-10(14)8-16-13/h2-6,8H,7,15H2,1H3. The number of halogens is 1. The first kappa shape index (κ1) is 12.3. The molecule has 0 aliphatic heterocycles. The molecule has 0 bridgehead atoms. The van der Waals surface area contributed by atoms with Crippen LogP contribution in [-0.4, -0.2) is 12.1 Å². The summed E-state index contributed by atoms with van der Waals surface area (Å²) >= 11 is 0. The molecule has 0 aliphatic carbocycles. The Kier molecular flexibility index (Phi) is 3.74. The molecule has 0 fully saturated rings. The van der Waals surface area contributed by atoms with E-state index in [1.165, 1.54) is 6.07 Å². The lowest BCUT2D eigenvalue weighted by atomic mass is 10.2. The molecular weight excluding hydrogens is 235 g/mol. The molecule has 94 valence electrons. The predicted molar refractivity (Wildman–Crippen MR) is 65.2 cm³/mol. The highest BCUT2D eigenvalue weighted by Gasteiger charge is 2.10. The number of methoxy groups -OCH3 is 1. The van der Waals surface area contributed by atoms with Crippen LogP contribution < -0.4 is 15.2 Å². The van der Waals surface area contributed by atoms with Crippen LogP contribution in [0.5, 0.6) is 17.4 Å². The van der Waals surface area contributed by atoms with Gasteiger partial charge in [0.25, 0.3) is 0 Å². The molecule has 2 rings (SSSR count). The van der Waals surface area contributed by atoms with Gasteiger partial charge in [0.05, 0.1) is 13.3 Å². The highest BCUT2D eigenvalue weighted by Crippen LogP contribution is 2.31. The summed E-state index contributed by atoms with van der Waals surface area (Å²) in [6, 6.07) is 8.44. The van der Waals surface area contributed by atoms with Gasteiger partial charge in [-0.25, -0.2) is 9.37 Å². The highest BCUT2D eigenvalue weighted by atomic mass is 19.1. The van der Waals surface area contributed by atoms with E-state index in [1.807, 2.05) is 12.1 Å². The number of rotatable bonds is 4. The van der Waals surface area contributed by atoms with Crippen molar-refractivity contribution in [1.82, 2.24) is 4.98 Å². The van der Waals surface area contributed by atoms with Gasteiger partial charge in [0, 0.05) is 12.1 Å². The lowest BCUT2D eigenvalue weighted by molar-refractivity contribution is 0.372. The Labute approximate surface area is 104 Å². The van der Waals surface area contributed by atoms with Gasteiger partial charge in [0.15, 0.2) is 11.5 Å². The minimum atomic E-state index is -0.442. The zero-order valence-corrected chi connectivity index (χ0v) is 9.89. The van der Waals surface area contributed by atoms with Crippen molar-refractivity contribution < 1.29 is 13.9 Å². The average molecular weight is 248 g/mol. The zero-order chi connectivity index (χ0) is 13.0. The molecule has 0 amide bonds. The van der Waals surface area contributed by atoms with Gasteiger partial charge in [-0.2, -0.15) is 0 Å². The Balaban J connectivity index is 2.33. The summed E-state index contributed by atoms with van der Waals surface area (Å²) in [6.07, 6.45) is 1.09. The van der Waals surface area contributed by atoms with Crippen LogP contribution in [0.3, 0.4) is 0 Å². The first-order valence-corrected chi connectivity index (χ1v) is 5.40. The van der Waals surface area contributed by atoms with Crippen LogP contribution in [0, 0.1) is 5.82 Å². The number of ether oxygens (including phenoxy) is 2. The number of aromatic nitrogens is 1. The van der Waals surface area contributed by atoms with E-state index < -0.39 is 5.82 Å². The molecule has 1 aromatic heterocycles. The van der Waals surface area contributed by atoms with E-state index in [0.29, 0.717) is 17.1 Å². The Morgan fingerprint density at radius 1 is 1.28 bits per heavy atom. The number of nitrogens with two attached hydrogens (primary N) is 1. The van der Waals surface area contributed by atoms with Crippen LogP contribution in [-0.2, 0) is 6.54 Å². The van der Waals surface area contributed by atoms with Gasteiger partial charge in [-0.15, -0.1) is 0 Å². The van der Waals surface area contributed by atoms with E-state index in [0.717, 1.165) is 6.20 Å². The van der Waals surface area contributed by atoms with E-state index in [1.54, 1.807) is 19.2 Å². The lowest BCUT2D eigenvalue weighted by Gasteiger charge is -2.11. The van der Waals surface area contributed by atoms with Gasteiger partial charge >= 0.3 is 0 Å². The van der Waals surface area contributed by atoms with Crippen molar-refractivity contribution in [1.29, 1.82) is 0 Å². The topological polar surface area (TPSA) is 57.4 Å². The summed E-state index contributed by atoms with van der Waals surface area (Å²) in [5.41, 5.74) is 6.03. The molecule has 0 atom stereocenters. The van der Waals surface area contributed by atoms with Crippen LogP contribution in [0.15, 0.2) is 36.5 Å². The van der Waals surface area contributed by atoms with Gasteiger partial charge in [0.2, 0.25) is 5.88 Å². The second-order valence-corrected chi connectivity index (χ2v) is 3.57. The molecule has 2 aromatic rings. The molecule has 0 spiro atoms. The van der Waals surface area contributed by atoms with Crippen LogP contribution in [0.1, 0.15) is 5.56 Å². The molecule has 0 unspecified atom stereocenters. The molecule has 1 heterocycles. The van der Waals surface area contributed by atoms with Crippen molar-refractivity contribution in [3.05, 3.63) is 47.9 Å². The minimum Gasteiger partial charge on any atom is -0.493 e. The summed E-state index contributed by atoms with van der Waals surface area (Å²) in [7, 11) is 1.55. The third-order valence-corrected chi connectivity index (χ3v) is 2.39. The van der Waals surface area contributed by atoms with E-state index in [-0.39, 0.29) is 12.4 Å². The van der Waals surface area contributed by atoms with Crippen LogP contribution in [0.25, 0.3) is 0 Å².